The lowest BCUT2D eigenvalue weighted by Crippen LogP contribution is -2.44. The number of hydrogen-bond acceptors (Lipinski definition) is 2. The van der Waals surface area contributed by atoms with Crippen molar-refractivity contribution in [3.63, 3.8) is 0 Å². The van der Waals surface area contributed by atoms with Gasteiger partial charge in [-0.3, -0.25) is 4.90 Å². The van der Waals surface area contributed by atoms with Crippen LogP contribution in [0.1, 0.15) is 49.7 Å². The zero-order valence-corrected chi connectivity index (χ0v) is 15.9. The molecule has 2 nitrogen and oxygen atoms in total. The van der Waals surface area contributed by atoms with Gasteiger partial charge in [-0.1, -0.05) is 60.7 Å². The molecule has 1 saturated heterocycles. The molecular formula is C24H32N2. The van der Waals surface area contributed by atoms with Gasteiger partial charge in [0.15, 0.2) is 0 Å². The average molecular weight is 349 g/mol. The minimum Gasteiger partial charge on any atom is -0.317 e. The van der Waals surface area contributed by atoms with E-state index in [1.807, 2.05) is 0 Å². The van der Waals surface area contributed by atoms with E-state index in [4.69, 9.17) is 0 Å². The van der Waals surface area contributed by atoms with Crippen LogP contribution in [-0.2, 0) is 13.1 Å². The van der Waals surface area contributed by atoms with Gasteiger partial charge in [0, 0.05) is 19.1 Å². The topological polar surface area (TPSA) is 15.3 Å². The molecule has 1 aliphatic heterocycles. The molecule has 2 fully saturated rings. The molecule has 4 rings (SSSR count). The van der Waals surface area contributed by atoms with E-state index < -0.39 is 0 Å². The maximum Gasteiger partial charge on any atom is 0.0240 e. The Labute approximate surface area is 158 Å². The highest BCUT2D eigenvalue weighted by Gasteiger charge is 2.37. The van der Waals surface area contributed by atoms with Crippen molar-refractivity contribution in [3.8, 4) is 0 Å². The Balaban J connectivity index is 1.45. The quantitative estimate of drug-likeness (QED) is 0.818. The maximum atomic E-state index is 3.55. The number of piperidine rings is 1. The first kappa shape index (κ1) is 17.8. The Morgan fingerprint density at radius 3 is 1.73 bits per heavy atom. The summed E-state index contributed by atoms with van der Waals surface area (Å²) >= 11 is 0. The summed E-state index contributed by atoms with van der Waals surface area (Å²) in [4.78, 5) is 2.73. The van der Waals surface area contributed by atoms with Crippen molar-refractivity contribution in [2.45, 2.75) is 57.7 Å². The molecule has 1 saturated carbocycles. The standard InChI is InChI=1S/C24H32N2/c1-3-7-21(8-4-1)19-26(20-22-9-5-2-6-10-22)23-11-13-24(14-12-23)15-17-25-18-16-24/h1-10,23,25H,11-20H2. The molecule has 0 radical (unpaired) electrons. The van der Waals surface area contributed by atoms with Crippen LogP contribution in [0.5, 0.6) is 0 Å². The maximum absolute atomic E-state index is 3.55. The molecule has 1 spiro atoms. The Morgan fingerprint density at radius 2 is 1.23 bits per heavy atom. The lowest BCUT2D eigenvalue weighted by atomic mass is 9.67. The van der Waals surface area contributed by atoms with Gasteiger partial charge in [0.2, 0.25) is 0 Å². The van der Waals surface area contributed by atoms with Crippen molar-refractivity contribution in [2.75, 3.05) is 13.1 Å². The second-order valence-electron chi connectivity index (χ2n) is 8.36. The van der Waals surface area contributed by atoms with Gasteiger partial charge in [-0.2, -0.15) is 0 Å². The lowest BCUT2D eigenvalue weighted by molar-refractivity contribution is 0.0577. The molecule has 0 atom stereocenters. The second-order valence-corrected chi connectivity index (χ2v) is 8.36. The third-order valence-electron chi connectivity index (χ3n) is 6.65. The molecule has 2 aliphatic rings. The van der Waals surface area contributed by atoms with Gasteiger partial charge in [-0.05, 0) is 68.2 Å². The summed E-state index contributed by atoms with van der Waals surface area (Å²) in [5.74, 6) is 0. The minimum atomic E-state index is 0.646. The fourth-order valence-electron chi connectivity index (χ4n) is 4.99. The van der Waals surface area contributed by atoms with Gasteiger partial charge in [-0.15, -0.1) is 0 Å². The summed E-state index contributed by atoms with van der Waals surface area (Å²) < 4.78 is 0. The highest BCUT2D eigenvalue weighted by Crippen LogP contribution is 2.44. The molecule has 1 heterocycles. The molecule has 0 amide bonds. The molecule has 2 aromatic rings. The summed E-state index contributed by atoms with van der Waals surface area (Å²) in [6.45, 7) is 4.58. The first-order valence-corrected chi connectivity index (χ1v) is 10.4. The summed E-state index contributed by atoms with van der Waals surface area (Å²) in [6, 6.07) is 22.7. The monoisotopic (exact) mass is 348 g/mol. The smallest absolute Gasteiger partial charge is 0.0240 e. The second kappa shape index (κ2) is 8.37. The molecule has 0 bridgehead atoms. The Morgan fingerprint density at radius 1 is 0.731 bits per heavy atom. The van der Waals surface area contributed by atoms with Crippen LogP contribution in [0.3, 0.4) is 0 Å². The van der Waals surface area contributed by atoms with Crippen LogP contribution in [0.25, 0.3) is 0 Å². The van der Waals surface area contributed by atoms with Crippen LogP contribution in [0, 0.1) is 5.41 Å². The van der Waals surface area contributed by atoms with Crippen LogP contribution < -0.4 is 5.32 Å². The molecule has 0 unspecified atom stereocenters. The van der Waals surface area contributed by atoms with Crippen molar-refractivity contribution < 1.29 is 0 Å². The predicted molar refractivity (Wildman–Crippen MR) is 109 cm³/mol. The largest absolute Gasteiger partial charge is 0.317 e. The van der Waals surface area contributed by atoms with Crippen molar-refractivity contribution in [2.24, 2.45) is 5.41 Å². The predicted octanol–water partition coefficient (Wildman–Crippen LogP) is 5.00. The van der Waals surface area contributed by atoms with E-state index in [0.717, 1.165) is 19.1 Å². The molecule has 1 aliphatic carbocycles. The summed E-state index contributed by atoms with van der Waals surface area (Å²) in [6.07, 6.45) is 8.33. The summed E-state index contributed by atoms with van der Waals surface area (Å²) in [5, 5.41) is 3.55. The first-order valence-electron chi connectivity index (χ1n) is 10.4. The number of benzene rings is 2. The van der Waals surface area contributed by atoms with Gasteiger partial charge in [-0.25, -0.2) is 0 Å². The first-order chi connectivity index (χ1) is 12.8. The molecule has 138 valence electrons. The third-order valence-corrected chi connectivity index (χ3v) is 6.65. The van der Waals surface area contributed by atoms with Crippen LogP contribution in [-0.4, -0.2) is 24.0 Å². The zero-order chi connectivity index (χ0) is 17.7. The zero-order valence-electron chi connectivity index (χ0n) is 15.9. The molecule has 2 aromatic carbocycles. The lowest BCUT2D eigenvalue weighted by Gasteiger charge is -2.46. The molecule has 26 heavy (non-hydrogen) atoms. The van der Waals surface area contributed by atoms with E-state index in [1.165, 1.54) is 62.7 Å². The van der Waals surface area contributed by atoms with Crippen LogP contribution >= 0.6 is 0 Å². The van der Waals surface area contributed by atoms with Crippen molar-refractivity contribution in [1.29, 1.82) is 0 Å². The minimum absolute atomic E-state index is 0.646. The number of nitrogens with one attached hydrogen (secondary N) is 1. The number of hydrogen-bond donors (Lipinski definition) is 1. The molecule has 2 heteroatoms. The van der Waals surface area contributed by atoms with E-state index in [-0.39, 0.29) is 0 Å². The van der Waals surface area contributed by atoms with Crippen molar-refractivity contribution in [3.05, 3.63) is 71.8 Å². The van der Waals surface area contributed by atoms with Gasteiger partial charge in [0.1, 0.15) is 0 Å². The molecule has 1 N–H and O–H groups in total. The van der Waals surface area contributed by atoms with E-state index in [1.54, 1.807) is 0 Å². The summed E-state index contributed by atoms with van der Waals surface area (Å²) in [5.41, 5.74) is 3.52. The van der Waals surface area contributed by atoms with Crippen LogP contribution in [0.2, 0.25) is 0 Å². The third kappa shape index (κ3) is 4.36. The normalized spacial score (nSPS) is 20.5. The SMILES string of the molecule is c1ccc(CN(Cc2ccccc2)C2CCC3(CCNCC3)CC2)cc1. The Bertz CT molecular complexity index is 610. The van der Waals surface area contributed by atoms with Gasteiger partial charge in [0.25, 0.3) is 0 Å². The van der Waals surface area contributed by atoms with E-state index >= 15 is 0 Å². The van der Waals surface area contributed by atoms with E-state index in [9.17, 15) is 0 Å². The average Bonchev–Trinajstić information content (AvgIpc) is 2.70. The highest BCUT2D eigenvalue weighted by molar-refractivity contribution is 5.17. The van der Waals surface area contributed by atoms with E-state index in [2.05, 4.69) is 70.9 Å². The van der Waals surface area contributed by atoms with Gasteiger partial charge < -0.3 is 5.32 Å². The highest BCUT2D eigenvalue weighted by atomic mass is 15.2. The fraction of sp³-hybridized carbons (Fsp3) is 0.500. The number of rotatable bonds is 5. The van der Waals surface area contributed by atoms with Gasteiger partial charge >= 0.3 is 0 Å². The Hall–Kier alpha value is -1.64. The molecular weight excluding hydrogens is 316 g/mol. The van der Waals surface area contributed by atoms with E-state index in [0.29, 0.717) is 5.41 Å². The fourth-order valence-corrected chi connectivity index (χ4v) is 4.99. The van der Waals surface area contributed by atoms with Crippen molar-refractivity contribution in [1.82, 2.24) is 10.2 Å². The van der Waals surface area contributed by atoms with Crippen molar-refractivity contribution >= 4 is 0 Å². The molecule has 0 aromatic heterocycles. The Kier molecular flexibility index (Phi) is 5.72. The summed E-state index contributed by atoms with van der Waals surface area (Å²) in [7, 11) is 0. The van der Waals surface area contributed by atoms with Gasteiger partial charge in [0.05, 0.1) is 0 Å². The van der Waals surface area contributed by atoms with Crippen LogP contribution in [0.15, 0.2) is 60.7 Å². The number of nitrogens with zero attached hydrogens (tertiary/aromatic N) is 1. The van der Waals surface area contributed by atoms with Crippen LogP contribution in [0.4, 0.5) is 0 Å².